The molecule has 0 saturated heterocycles. The van der Waals surface area contributed by atoms with Crippen LogP contribution >= 0.6 is 17.0 Å². The second kappa shape index (κ2) is 44.2. The summed E-state index contributed by atoms with van der Waals surface area (Å²) >= 11 is 0. The van der Waals surface area contributed by atoms with Crippen LogP contribution in [0.5, 0.6) is 11.5 Å². The van der Waals surface area contributed by atoms with Crippen LogP contribution in [0.2, 0.25) is 10.1 Å². The molecule has 0 saturated carbocycles. The van der Waals surface area contributed by atoms with E-state index >= 15 is 0 Å². The van der Waals surface area contributed by atoms with Crippen molar-refractivity contribution in [1.29, 1.82) is 0 Å². The number of rotatable bonds is 30. The molecule has 0 heterocycles. The molecule has 7 nitrogen and oxygen atoms in total. The molecule has 9 aromatic rings. The molecule has 0 bridgehead atoms. The maximum absolute atomic E-state index is 10.9. The number of halogens is 1. The monoisotopic (exact) mass is 1410 g/mol. The van der Waals surface area contributed by atoms with Gasteiger partial charge in [0.25, 0.3) is 16.6 Å². The molecular weight excluding hydrogens is 1300 g/mol. The Kier molecular flexibility index (Phi) is 37.6. The number of unbranched alkanes of at least 4 members (excludes halogenated alkanes) is 4. The Morgan fingerprint density at radius 1 is 0.408 bits per heavy atom. The molecule has 0 aliphatic rings. The van der Waals surface area contributed by atoms with Crippen LogP contribution < -0.4 is 58.9 Å². The molecule has 0 aliphatic heterocycles. The zero-order valence-corrected chi connectivity index (χ0v) is 65.4. The molecule has 9 rings (SSSR count). The summed E-state index contributed by atoms with van der Waals surface area (Å²) < 4.78 is 25.2. The quantitative estimate of drug-likeness (QED) is 0.0192. The molecule has 9 aromatic carbocycles. The van der Waals surface area contributed by atoms with Crippen LogP contribution in [0.25, 0.3) is 12.2 Å². The summed E-state index contributed by atoms with van der Waals surface area (Å²) in [5.41, 5.74) is 9.01. The van der Waals surface area contributed by atoms with Crippen molar-refractivity contribution >= 4 is 84.2 Å². The number of aldehydes is 1. The first kappa shape index (κ1) is 83.4. The SMILES string of the molecule is Br.CCCCN(CCCC)c1ccc(C=Cc2ccc(CO[Si](c3ccccc3)(c3ccccc3)C(C)(C)C)cc2)c(OC)c1.CCCCN(CCCC)c1ccc(C=O)c(OC)c1.CCc1ccc(CO[Si](c2ccccc2)(c2ccccc2)C(C)(C)C)cc1.[Li+].[c-]1ccccc1. The van der Waals surface area contributed by atoms with Gasteiger partial charge in [-0.25, -0.2) is 0 Å². The third-order valence-electron chi connectivity index (χ3n) is 17.6. The van der Waals surface area contributed by atoms with Crippen LogP contribution in [0, 0.1) is 6.07 Å². The third-order valence-corrected chi connectivity index (χ3v) is 27.6. The van der Waals surface area contributed by atoms with Crippen molar-refractivity contribution in [3.63, 3.8) is 0 Å². The number of aryl methyl sites for hydroxylation is 1. The van der Waals surface area contributed by atoms with E-state index in [1.54, 1.807) is 14.2 Å². The van der Waals surface area contributed by atoms with E-state index in [1.807, 2.05) is 48.5 Å². The minimum Gasteiger partial charge on any atom is -0.496 e. The molecule has 11 heteroatoms. The number of benzene rings is 9. The molecule has 0 aliphatic carbocycles. The summed E-state index contributed by atoms with van der Waals surface area (Å²) in [6.45, 7) is 30.5. The van der Waals surface area contributed by atoms with E-state index in [-0.39, 0.29) is 45.9 Å². The minimum absolute atomic E-state index is 0. The smallest absolute Gasteiger partial charge is 0.496 e. The van der Waals surface area contributed by atoms with Gasteiger partial charge in [-0.2, -0.15) is 36.4 Å². The second-order valence-electron chi connectivity index (χ2n) is 26.6. The van der Waals surface area contributed by atoms with E-state index < -0.39 is 16.6 Å². The number of anilines is 2. The summed E-state index contributed by atoms with van der Waals surface area (Å²) in [5.74, 6) is 1.57. The molecule has 0 radical (unpaired) electrons. The second-order valence-corrected chi connectivity index (χ2v) is 35.2. The first-order valence-electron chi connectivity index (χ1n) is 35.1. The number of hydrogen-bond acceptors (Lipinski definition) is 7. The van der Waals surface area contributed by atoms with E-state index in [4.69, 9.17) is 18.3 Å². The largest absolute Gasteiger partial charge is 1.00 e. The number of nitrogens with zero attached hydrogens (tertiary/aromatic N) is 2. The summed E-state index contributed by atoms with van der Waals surface area (Å²) in [6.07, 6.45) is 15.8. The van der Waals surface area contributed by atoms with Gasteiger partial charge >= 0.3 is 18.9 Å². The van der Waals surface area contributed by atoms with Crippen molar-refractivity contribution in [3.05, 3.63) is 276 Å². The standard InChI is InChI=1S/C40H51NO2Si.C25H30OSi.C16H25NO2.C6H5.BrH.Li/c1-7-9-29-41(30-10-8-2)36-28-27-35(39(31-36)42-6)26-25-33-21-23-34(24-22-33)32-43-44(40(3,4)5,37-17-13-11-14-18-37)38-19-15-12-16-20-38;1-5-21-16-18-22(19-17-21)20-26-27(25(2,3)4,23-12-8-6-9-13-23)24-14-10-7-11-15-24;1-4-6-10-17(11-7-5-2)15-9-8-14(13-18)16(12-15)19-3;1-2-4-6-5-3-1;;/h11-28,31H,7-10,29-30,32H2,1-6H3;6-19H,5,20H2,1-4H3;8-9,12-13H,4-7,10-11H2,1-3H3;1-5H;1H;/q;;;-1;;+1. The third kappa shape index (κ3) is 24.4. The van der Waals surface area contributed by atoms with Gasteiger partial charge in [-0.05, 0) is 109 Å². The molecule has 0 aromatic heterocycles. The topological polar surface area (TPSA) is 60.5 Å². The molecule has 0 atom stereocenters. The number of methoxy groups -OCH3 is 2. The number of carbonyl (C=O) groups excluding carboxylic acids is 1. The van der Waals surface area contributed by atoms with Crippen LogP contribution in [-0.4, -0.2) is 63.3 Å². The van der Waals surface area contributed by atoms with Crippen molar-refractivity contribution in [2.45, 2.75) is 157 Å². The molecule has 98 heavy (non-hydrogen) atoms. The molecule has 0 amide bonds. The molecule has 0 N–H and O–H groups in total. The zero-order valence-electron chi connectivity index (χ0n) is 61.7. The summed E-state index contributed by atoms with van der Waals surface area (Å²) in [6, 6.07) is 85.8. The Labute approximate surface area is 616 Å². The van der Waals surface area contributed by atoms with E-state index in [0.29, 0.717) is 24.5 Å². The summed E-state index contributed by atoms with van der Waals surface area (Å²) in [4.78, 5) is 15.8. The van der Waals surface area contributed by atoms with Gasteiger partial charge in [-0.1, -0.05) is 284 Å². The van der Waals surface area contributed by atoms with Gasteiger partial charge in [-0.15, -0.1) is 17.0 Å². The molecule has 0 fully saturated rings. The van der Waals surface area contributed by atoms with Crippen LogP contribution in [0.1, 0.15) is 166 Å². The van der Waals surface area contributed by atoms with Crippen molar-refractivity contribution in [3.8, 4) is 11.5 Å². The fraction of sp³-hybridized carbons (Fsp3) is 0.345. The van der Waals surface area contributed by atoms with E-state index in [9.17, 15) is 4.79 Å². The van der Waals surface area contributed by atoms with Gasteiger partial charge in [0, 0.05) is 55.2 Å². The average Bonchev–Trinajstić information content (AvgIpc) is 0.755. The summed E-state index contributed by atoms with van der Waals surface area (Å²) in [7, 11) is -1.66. The predicted molar refractivity (Wildman–Crippen MR) is 427 cm³/mol. The maximum atomic E-state index is 10.9. The Bertz CT molecular complexity index is 3490. The van der Waals surface area contributed by atoms with Gasteiger partial charge in [-0.3, -0.25) is 4.79 Å². The van der Waals surface area contributed by atoms with Gasteiger partial charge in [0.2, 0.25) is 0 Å². The van der Waals surface area contributed by atoms with Gasteiger partial charge < -0.3 is 28.1 Å². The maximum Gasteiger partial charge on any atom is 1.00 e. The fourth-order valence-electron chi connectivity index (χ4n) is 12.2. The zero-order chi connectivity index (χ0) is 69.1. The van der Waals surface area contributed by atoms with E-state index in [0.717, 1.165) is 61.4 Å². The Balaban J connectivity index is 0.000000320. The van der Waals surface area contributed by atoms with E-state index in [1.165, 1.54) is 94.5 Å². The first-order valence-corrected chi connectivity index (χ1v) is 38.9. The van der Waals surface area contributed by atoms with Crippen molar-refractivity contribution in [2.24, 2.45) is 0 Å². The van der Waals surface area contributed by atoms with Gasteiger partial charge in [0.15, 0.2) is 6.29 Å². The van der Waals surface area contributed by atoms with Crippen LogP contribution in [0.3, 0.4) is 0 Å². The predicted octanol–water partition coefficient (Wildman–Crippen LogP) is 17.7. The van der Waals surface area contributed by atoms with Crippen molar-refractivity contribution in [2.75, 3.05) is 50.2 Å². The van der Waals surface area contributed by atoms with Crippen LogP contribution in [0.15, 0.2) is 237 Å². The summed E-state index contributed by atoms with van der Waals surface area (Å²) in [5, 5.41) is 5.23. The van der Waals surface area contributed by atoms with Gasteiger partial charge in [0.05, 0.1) is 33.0 Å². The Morgan fingerprint density at radius 2 is 0.735 bits per heavy atom. The first-order chi connectivity index (χ1) is 46.5. The molecule has 0 unspecified atom stereocenters. The average molecular weight is 1410 g/mol. The molecule has 0 spiro atoms. The van der Waals surface area contributed by atoms with Crippen LogP contribution in [-0.2, 0) is 28.5 Å². The Hall–Kier alpha value is -6.98. The normalized spacial score (nSPS) is 11.2. The van der Waals surface area contributed by atoms with Crippen molar-refractivity contribution in [1.82, 2.24) is 0 Å². The molecule has 516 valence electrons. The fourth-order valence-corrected chi connectivity index (χ4v) is 21.3. The number of ether oxygens (including phenoxy) is 2. The number of carbonyl (C=O) groups is 1. The van der Waals surface area contributed by atoms with Crippen LogP contribution in [0.4, 0.5) is 11.4 Å². The van der Waals surface area contributed by atoms with Gasteiger partial charge in [0.1, 0.15) is 11.5 Å². The van der Waals surface area contributed by atoms with E-state index in [2.05, 4.69) is 292 Å². The van der Waals surface area contributed by atoms with Crippen molar-refractivity contribution < 1.29 is 42.0 Å². The number of hydrogen-bond donors (Lipinski definition) is 0. The molecular formula is C87H112BrLiN2O5Si2. The Morgan fingerprint density at radius 3 is 1.03 bits per heavy atom. The minimum atomic E-state index is -2.58.